The Labute approximate surface area is 116 Å². The Morgan fingerprint density at radius 3 is 2.85 bits per heavy atom. The minimum absolute atomic E-state index is 0.0905. The number of methoxy groups -OCH3 is 1. The van der Waals surface area contributed by atoms with Crippen molar-refractivity contribution >= 4 is 22.1 Å². The molecule has 2 rings (SSSR count). The largest absolute Gasteiger partial charge is 0.383 e. The van der Waals surface area contributed by atoms with Gasteiger partial charge in [0.15, 0.2) is 0 Å². The van der Waals surface area contributed by atoms with Crippen LogP contribution in [0.25, 0.3) is 10.8 Å². The Bertz CT molecular complexity index is 616. The van der Waals surface area contributed by atoms with Gasteiger partial charge >= 0.3 is 0 Å². The highest BCUT2D eigenvalue weighted by Gasteiger charge is 2.15. The average molecular weight is 275 g/mol. The van der Waals surface area contributed by atoms with E-state index in [2.05, 4.69) is 17.2 Å². The molecule has 1 heterocycles. The number of aromatic nitrogens is 1. The summed E-state index contributed by atoms with van der Waals surface area (Å²) in [5, 5.41) is 15.7. The van der Waals surface area contributed by atoms with Crippen molar-refractivity contribution in [2.75, 3.05) is 19.0 Å². The molecule has 0 amide bonds. The lowest BCUT2D eigenvalue weighted by atomic mass is 10.1. The molecule has 1 atom stereocenters. The number of benzene rings is 1. The Balaban J connectivity index is 2.45. The lowest BCUT2D eigenvalue weighted by Gasteiger charge is -2.18. The van der Waals surface area contributed by atoms with Crippen LogP contribution in [0.2, 0.25) is 0 Å². The number of non-ortho nitro benzene ring substituents is 1. The van der Waals surface area contributed by atoms with Crippen LogP contribution < -0.4 is 5.32 Å². The van der Waals surface area contributed by atoms with E-state index in [1.807, 2.05) is 0 Å². The highest BCUT2D eigenvalue weighted by molar-refractivity contribution is 5.99. The van der Waals surface area contributed by atoms with E-state index in [4.69, 9.17) is 4.74 Å². The second-order valence-electron chi connectivity index (χ2n) is 4.52. The van der Waals surface area contributed by atoms with Gasteiger partial charge < -0.3 is 10.1 Å². The molecule has 0 bridgehead atoms. The molecular formula is C14H17N3O3. The second kappa shape index (κ2) is 6.29. The molecule has 0 saturated heterocycles. The molecule has 0 aliphatic rings. The van der Waals surface area contributed by atoms with Gasteiger partial charge in [0.2, 0.25) is 0 Å². The highest BCUT2D eigenvalue weighted by atomic mass is 16.6. The number of nitro benzene ring substituents is 1. The average Bonchev–Trinajstić information content (AvgIpc) is 2.46. The number of nitro groups is 1. The van der Waals surface area contributed by atoms with Crippen molar-refractivity contribution in [1.82, 2.24) is 4.98 Å². The maximum absolute atomic E-state index is 11.1. The first-order valence-electron chi connectivity index (χ1n) is 6.44. The van der Waals surface area contributed by atoms with Crippen molar-refractivity contribution in [3.05, 3.63) is 40.7 Å². The maximum Gasteiger partial charge on any atom is 0.277 e. The second-order valence-corrected chi connectivity index (χ2v) is 4.52. The number of nitrogens with zero attached hydrogens (tertiary/aromatic N) is 2. The van der Waals surface area contributed by atoms with E-state index in [0.29, 0.717) is 12.0 Å². The van der Waals surface area contributed by atoms with Gasteiger partial charge in [-0.25, -0.2) is 0 Å². The zero-order chi connectivity index (χ0) is 14.5. The van der Waals surface area contributed by atoms with Crippen LogP contribution in [0.4, 0.5) is 11.4 Å². The van der Waals surface area contributed by atoms with Crippen molar-refractivity contribution in [3.63, 3.8) is 0 Å². The zero-order valence-corrected chi connectivity index (χ0v) is 11.5. The van der Waals surface area contributed by atoms with Gasteiger partial charge in [-0.2, -0.15) is 0 Å². The van der Waals surface area contributed by atoms with Crippen molar-refractivity contribution in [2.45, 2.75) is 19.4 Å². The van der Waals surface area contributed by atoms with Crippen LogP contribution >= 0.6 is 0 Å². The standard InChI is InChI=1S/C14H17N3O3/c1-3-10(9-20-2)16-13-4-5-14(17(18)19)11-6-7-15-8-12(11)13/h4-8,10,16H,3,9H2,1-2H3. The van der Waals surface area contributed by atoms with Crippen LogP contribution in [-0.4, -0.2) is 29.7 Å². The third kappa shape index (κ3) is 2.85. The summed E-state index contributed by atoms with van der Waals surface area (Å²) >= 11 is 0. The summed E-state index contributed by atoms with van der Waals surface area (Å²) in [5.74, 6) is 0. The third-order valence-electron chi connectivity index (χ3n) is 3.21. The first kappa shape index (κ1) is 14.2. The van der Waals surface area contributed by atoms with Crippen LogP contribution in [0.1, 0.15) is 13.3 Å². The molecule has 6 heteroatoms. The Morgan fingerprint density at radius 1 is 1.40 bits per heavy atom. The van der Waals surface area contributed by atoms with E-state index in [1.165, 1.54) is 6.07 Å². The molecule has 106 valence electrons. The summed E-state index contributed by atoms with van der Waals surface area (Å²) in [6.45, 7) is 2.64. The zero-order valence-electron chi connectivity index (χ0n) is 11.5. The maximum atomic E-state index is 11.1. The smallest absolute Gasteiger partial charge is 0.277 e. The van der Waals surface area contributed by atoms with Crippen LogP contribution in [0.5, 0.6) is 0 Å². The van der Waals surface area contributed by atoms with E-state index >= 15 is 0 Å². The van der Waals surface area contributed by atoms with E-state index in [-0.39, 0.29) is 16.7 Å². The van der Waals surface area contributed by atoms with Crippen molar-refractivity contribution in [3.8, 4) is 0 Å². The van der Waals surface area contributed by atoms with E-state index in [1.54, 1.807) is 31.6 Å². The fraction of sp³-hybridized carbons (Fsp3) is 0.357. The Morgan fingerprint density at radius 2 is 2.20 bits per heavy atom. The molecule has 1 aromatic carbocycles. The lowest BCUT2D eigenvalue weighted by molar-refractivity contribution is -0.383. The summed E-state index contributed by atoms with van der Waals surface area (Å²) in [7, 11) is 1.65. The number of hydrogen-bond donors (Lipinski definition) is 1. The van der Waals surface area contributed by atoms with E-state index < -0.39 is 0 Å². The van der Waals surface area contributed by atoms with Gasteiger partial charge in [-0.15, -0.1) is 0 Å². The SMILES string of the molecule is CCC(COC)Nc1ccc([N+](=O)[O-])c2ccncc12. The monoisotopic (exact) mass is 275 g/mol. The predicted octanol–water partition coefficient (Wildman–Crippen LogP) is 2.98. The summed E-state index contributed by atoms with van der Waals surface area (Å²) < 4.78 is 5.15. The van der Waals surface area contributed by atoms with Gasteiger partial charge in [-0.1, -0.05) is 6.92 Å². The molecule has 0 aliphatic heterocycles. The van der Waals surface area contributed by atoms with Gasteiger partial charge in [-0.05, 0) is 18.6 Å². The third-order valence-corrected chi connectivity index (χ3v) is 3.21. The van der Waals surface area contributed by atoms with Crippen LogP contribution in [0, 0.1) is 10.1 Å². The summed E-state index contributed by atoms with van der Waals surface area (Å²) in [6.07, 6.45) is 4.10. The fourth-order valence-corrected chi connectivity index (χ4v) is 2.14. The predicted molar refractivity (Wildman–Crippen MR) is 78.0 cm³/mol. The molecular weight excluding hydrogens is 258 g/mol. The molecule has 20 heavy (non-hydrogen) atoms. The number of ether oxygens (including phenoxy) is 1. The molecule has 0 saturated carbocycles. The number of nitrogens with one attached hydrogen (secondary N) is 1. The number of hydrogen-bond acceptors (Lipinski definition) is 5. The van der Waals surface area contributed by atoms with Crippen molar-refractivity contribution < 1.29 is 9.66 Å². The number of pyridine rings is 1. The highest BCUT2D eigenvalue weighted by Crippen LogP contribution is 2.31. The molecule has 0 fully saturated rings. The van der Waals surface area contributed by atoms with Crippen LogP contribution in [0.3, 0.4) is 0 Å². The minimum atomic E-state index is -0.376. The Hall–Kier alpha value is -2.21. The van der Waals surface area contributed by atoms with E-state index in [0.717, 1.165) is 17.5 Å². The number of rotatable bonds is 6. The van der Waals surface area contributed by atoms with Gasteiger partial charge in [0, 0.05) is 42.7 Å². The Kier molecular flexibility index (Phi) is 4.47. The lowest BCUT2D eigenvalue weighted by Crippen LogP contribution is -2.24. The van der Waals surface area contributed by atoms with E-state index in [9.17, 15) is 10.1 Å². The molecule has 0 spiro atoms. The molecule has 0 aliphatic carbocycles. The first-order chi connectivity index (χ1) is 9.67. The van der Waals surface area contributed by atoms with Gasteiger partial charge in [0.05, 0.1) is 16.9 Å². The van der Waals surface area contributed by atoms with Gasteiger partial charge in [0.25, 0.3) is 5.69 Å². The van der Waals surface area contributed by atoms with Gasteiger partial charge in [0.1, 0.15) is 0 Å². The molecule has 6 nitrogen and oxygen atoms in total. The quantitative estimate of drug-likeness (QED) is 0.647. The van der Waals surface area contributed by atoms with Crippen molar-refractivity contribution in [2.24, 2.45) is 0 Å². The van der Waals surface area contributed by atoms with Crippen LogP contribution in [0.15, 0.2) is 30.6 Å². The first-order valence-corrected chi connectivity index (χ1v) is 6.44. The molecule has 1 unspecified atom stereocenters. The molecule has 0 radical (unpaired) electrons. The molecule has 1 N–H and O–H groups in total. The summed E-state index contributed by atoms with van der Waals surface area (Å²) in [5.41, 5.74) is 0.926. The summed E-state index contributed by atoms with van der Waals surface area (Å²) in [4.78, 5) is 14.7. The van der Waals surface area contributed by atoms with Crippen LogP contribution in [-0.2, 0) is 4.74 Å². The van der Waals surface area contributed by atoms with Crippen molar-refractivity contribution in [1.29, 1.82) is 0 Å². The fourth-order valence-electron chi connectivity index (χ4n) is 2.14. The summed E-state index contributed by atoms with van der Waals surface area (Å²) in [6, 6.07) is 5.06. The molecule has 2 aromatic rings. The topological polar surface area (TPSA) is 77.3 Å². The molecule has 1 aromatic heterocycles. The number of anilines is 1. The normalized spacial score (nSPS) is 12.3. The number of fused-ring (bicyclic) bond motifs is 1. The minimum Gasteiger partial charge on any atom is -0.383 e. The van der Waals surface area contributed by atoms with Gasteiger partial charge in [-0.3, -0.25) is 15.1 Å².